The number of hydrogen-bond donors (Lipinski definition) is 1. The van der Waals surface area contributed by atoms with E-state index in [-0.39, 0.29) is 23.8 Å². The molecule has 10 nitrogen and oxygen atoms in total. The highest BCUT2D eigenvalue weighted by Gasteiger charge is 2.32. The molecule has 1 unspecified atom stereocenters. The van der Waals surface area contributed by atoms with E-state index in [4.69, 9.17) is 11.6 Å². The lowest BCUT2D eigenvalue weighted by Crippen LogP contribution is -2.52. The number of carbonyl (C=O) groups excluding carboxylic acids is 2. The average Bonchev–Trinajstić information content (AvgIpc) is 2.83. The van der Waals surface area contributed by atoms with Gasteiger partial charge in [0.15, 0.2) is 0 Å². The number of amides is 2. The molecule has 2 amide bonds. The molecule has 0 aromatic heterocycles. The van der Waals surface area contributed by atoms with E-state index in [9.17, 15) is 28.1 Å². The molecule has 0 fully saturated rings. The van der Waals surface area contributed by atoms with Crippen LogP contribution in [0.15, 0.2) is 48.5 Å². The lowest BCUT2D eigenvalue weighted by atomic mass is 10.1. The fourth-order valence-corrected chi connectivity index (χ4v) is 4.56. The first-order valence-electron chi connectivity index (χ1n) is 11.5. The van der Waals surface area contributed by atoms with E-state index in [1.807, 2.05) is 6.92 Å². The van der Waals surface area contributed by atoms with Crippen molar-refractivity contribution >= 4 is 44.8 Å². The summed E-state index contributed by atoms with van der Waals surface area (Å²) < 4.78 is 26.0. The molecular formula is C24H31ClN4O6S. The van der Waals surface area contributed by atoms with Gasteiger partial charge in [-0.1, -0.05) is 50.1 Å². The fourth-order valence-electron chi connectivity index (χ4n) is 3.59. The summed E-state index contributed by atoms with van der Waals surface area (Å²) in [5, 5.41) is 14.6. The maximum Gasteiger partial charge on any atom is 0.271 e. The Kier molecular flexibility index (Phi) is 10.7. The smallest absolute Gasteiger partial charge is 0.271 e. The molecule has 1 atom stereocenters. The zero-order chi connectivity index (χ0) is 26.9. The monoisotopic (exact) mass is 538 g/mol. The number of hydrogen-bond acceptors (Lipinski definition) is 6. The normalized spacial score (nSPS) is 12.0. The average molecular weight is 539 g/mol. The Morgan fingerprint density at radius 2 is 1.81 bits per heavy atom. The number of nitrogens with zero attached hydrogens (tertiary/aromatic N) is 3. The molecule has 0 spiro atoms. The molecular weight excluding hydrogens is 508 g/mol. The highest BCUT2D eigenvalue weighted by atomic mass is 35.5. The molecule has 36 heavy (non-hydrogen) atoms. The van der Waals surface area contributed by atoms with Gasteiger partial charge in [0.25, 0.3) is 5.69 Å². The summed E-state index contributed by atoms with van der Waals surface area (Å²) in [6.07, 6.45) is 2.88. The van der Waals surface area contributed by atoms with Crippen LogP contribution in [0, 0.1) is 10.1 Å². The van der Waals surface area contributed by atoms with Crippen molar-refractivity contribution < 1.29 is 22.9 Å². The Labute approximate surface area is 216 Å². The summed E-state index contributed by atoms with van der Waals surface area (Å²) >= 11 is 5.98. The number of benzene rings is 2. The van der Waals surface area contributed by atoms with Crippen LogP contribution in [-0.4, -0.2) is 55.4 Å². The van der Waals surface area contributed by atoms with Crippen LogP contribution in [0.25, 0.3) is 0 Å². The molecule has 2 rings (SSSR count). The predicted molar refractivity (Wildman–Crippen MR) is 139 cm³/mol. The molecule has 0 radical (unpaired) electrons. The number of nitro groups is 1. The second-order valence-corrected chi connectivity index (χ2v) is 10.6. The third-order valence-electron chi connectivity index (χ3n) is 5.49. The molecule has 2 aromatic carbocycles. The van der Waals surface area contributed by atoms with Gasteiger partial charge in [-0.2, -0.15) is 0 Å². The summed E-state index contributed by atoms with van der Waals surface area (Å²) in [5.74, 6) is -0.964. The molecule has 0 aliphatic heterocycles. The second-order valence-electron chi connectivity index (χ2n) is 8.26. The number of unbranched alkanes of at least 4 members (excludes halogenated alkanes) is 1. The van der Waals surface area contributed by atoms with Crippen LogP contribution in [0.2, 0.25) is 5.02 Å². The van der Waals surface area contributed by atoms with E-state index >= 15 is 0 Å². The van der Waals surface area contributed by atoms with Crippen molar-refractivity contribution in [3.63, 3.8) is 0 Å². The number of nitro benzene ring substituents is 1. The zero-order valence-electron chi connectivity index (χ0n) is 20.5. The molecule has 1 N–H and O–H groups in total. The minimum absolute atomic E-state index is 0.0214. The van der Waals surface area contributed by atoms with Crippen molar-refractivity contribution in [2.75, 3.05) is 23.7 Å². The van der Waals surface area contributed by atoms with Crippen LogP contribution in [0.1, 0.15) is 38.7 Å². The lowest BCUT2D eigenvalue weighted by Gasteiger charge is -2.32. The van der Waals surface area contributed by atoms with Gasteiger partial charge >= 0.3 is 0 Å². The minimum atomic E-state index is -3.99. The van der Waals surface area contributed by atoms with Crippen molar-refractivity contribution in [3.8, 4) is 0 Å². The van der Waals surface area contributed by atoms with E-state index in [1.165, 1.54) is 23.1 Å². The van der Waals surface area contributed by atoms with Crippen molar-refractivity contribution in [3.05, 3.63) is 69.2 Å². The van der Waals surface area contributed by atoms with Crippen LogP contribution >= 0.6 is 11.6 Å². The maximum absolute atomic E-state index is 13.6. The van der Waals surface area contributed by atoms with E-state index in [0.717, 1.165) is 29.5 Å². The Hall–Kier alpha value is -3.18. The van der Waals surface area contributed by atoms with Crippen LogP contribution in [0.3, 0.4) is 0 Å². The number of halogens is 1. The Balaban J connectivity index is 2.43. The van der Waals surface area contributed by atoms with Crippen LogP contribution < -0.4 is 9.62 Å². The van der Waals surface area contributed by atoms with Gasteiger partial charge in [0.05, 0.1) is 16.9 Å². The molecule has 0 saturated carbocycles. The first kappa shape index (κ1) is 29.1. The number of rotatable bonds is 13. The maximum atomic E-state index is 13.6. The third-order valence-corrected chi connectivity index (χ3v) is 6.88. The van der Waals surface area contributed by atoms with Crippen molar-refractivity contribution in [1.29, 1.82) is 0 Å². The van der Waals surface area contributed by atoms with Crippen LogP contribution in [-0.2, 0) is 26.2 Å². The van der Waals surface area contributed by atoms with Gasteiger partial charge < -0.3 is 10.2 Å². The summed E-state index contributed by atoms with van der Waals surface area (Å²) in [6, 6.07) is 11.0. The highest BCUT2D eigenvalue weighted by molar-refractivity contribution is 7.92. The molecule has 0 saturated heterocycles. The minimum Gasteiger partial charge on any atom is -0.354 e. The van der Waals surface area contributed by atoms with Crippen molar-refractivity contribution in [2.24, 2.45) is 0 Å². The summed E-state index contributed by atoms with van der Waals surface area (Å²) in [7, 11) is -3.99. The second kappa shape index (κ2) is 13.2. The fraction of sp³-hybridized carbons (Fsp3) is 0.417. The van der Waals surface area contributed by atoms with E-state index in [1.54, 1.807) is 31.2 Å². The molecule has 12 heteroatoms. The molecule has 196 valence electrons. The van der Waals surface area contributed by atoms with E-state index < -0.39 is 33.4 Å². The van der Waals surface area contributed by atoms with Crippen molar-refractivity contribution in [1.82, 2.24) is 10.2 Å². The highest BCUT2D eigenvalue weighted by Crippen LogP contribution is 2.24. The Morgan fingerprint density at radius 3 is 2.36 bits per heavy atom. The first-order valence-corrected chi connectivity index (χ1v) is 13.7. The Bertz CT molecular complexity index is 1170. The topological polar surface area (TPSA) is 130 Å². The first-order chi connectivity index (χ1) is 17.0. The van der Waals surface area contributed by atoms with E-state index in [0.29, 0.717) is 23.6 Å². The SMILES string of the molecule is CCCCNC(=O)C(CC)N(Cc1ccc(Cl)cc1)C(=O)CN(c1cccc([N+](=O)[O-])c1)S(C)(=O)=O. The number of anilines is 1. The number of carbonyl (C=O) groups is 2. The lowest BCUT2D eigenvalue weighted by molar-refractivity contribution is -0.384. The molecule has 0 bridgehead atoms. The van der Waals surface area contributed by atoms with Gasteiger partial charge in [0.2, 0.25) is 21.8 Å². The zero-order valence-corrected chi connectivity index (χ0v) is 22.1. The third kappa shape index (κ3) is 8.20. The quantitative estimate of drug-likeness (QED) is 0.235. The van der Waals surface area contributed by atoms with Gasteiger partial charge in [-0.15, -0.1) is 0 Å². The number of nitrogens with one attached hydrogen (secondary N) is 1. The molecule has 2 aromatic rings. The number of sulfonamides is 1. The predicted octanol–water partition coefficient (Wildman–Crippen LogP) is 3.74. The van der Waals surface area contributed by atoms with Crippen molar-refractivity contribution in [2.45, 2.75) is 45.7 Å². The van der Waals surface area contributed by atoms with Crippen LogP contribution in [0.4, 0.5) is 11.4 Å². The standard InChI is InChI=1S/C24H31ClN4O6S/c1-4-6-14-26-24(31)22(5-2)27(16-18-10-12-19(25)13-11-18)23(30)17-28(36(3,34)35)20-8-7-9-21(15-20)29(32)33/h7-13,15,22H,4-6,14,16-17H2,1-3H3,(H,26,31). The van der Waals surface area contributed by atoms with Gasteiger partial charge in [-0.05, 0) is 36.6 Å². The molecule has 0 heterocycles. The summed E-state index contributed by atoms with van der Waals surface area (Å²) in [4.78, 5) is 38.4. The molecule has 0 aliphatic rings. The van der Waals surface area contributed by atoms with Gasteiger partial charge in [0, 0.05) is 30.2 Å². The van der Waals surface area contributed by atoms with Gasteiger partial charge in [-0.25, -0.2) is 8.42 Å². The molecule has 0 aliphatic carbocycles. The largest absolute Gasteiger partial charge is 0.354 e. The van der Waals surface area contributed by atoms with Gasteiger partial charge in [-0.3, -0.25) is 24.0 Å². The number of non-ortho nitro benzene ring substituents is 1. The summed E-state index contributed by atoms with van der Waals surface area (Å²) in [6.45, 7) is 3.63. The van der Waals surface area contributed by atoms with Gasteiger partial charge in [0.1, 0.15) is 12.6 Å². The van der Waals surface area contributed by atoms with Crippen LogP contribution in [0.5, 0.6) is 0 Å². The summed E-state index contributed by atoms with van der Waals surface area (Å²) in [5.41, 5.74) is 0.370. The van der Waals surface area contributed by atoms with E-state index in [2.05, 4.69) is 5.32 Å². The Morgan fingerprint density at radius 1 is 1.14 bits per heavy atom.